The summed E-state index contributed by atoms with van der Waals surface area (Å²) in [5, 5.41) is 0. The number of benzene rings is 1. The molecule has 1 amide bonds. The molecule has 1 aromatic carbocycles. The number of nitrogens with zero attached hydrogens (tertiary/aromatic N) is 2. The van der Waals surface area contributed by atoms with E-state index in [-0.39, 0.29) is 0 Å². The van der Waals surface area contributed by atoms with Gasteiger partial charge in [-0.2, -0.15) is 0 Å². The minimum Gasteiger partial charge on any atom is -0.494 e. The highest BCUT2D eigenvalue weighted by Gasteiger charge is 2.34. The molecule has 1 saturated carbocycles. The zero-order valence-corrected chi connectivity index (χ0v) is 12.5. The van der Waals surface area contributed by atoms with E-state index in [0.717, 1.165) is 64.3 Å². The van der Waals surface area contributed by atoms with Gasteiger partial charge in [0.2, 0.25) is 5.91 Å². The third-order valence-corrected chi connectivity index (χ3v) is 4.24. The Morgan fingerprint density at radius 1 is 1.10 bits per heavy atom. The summed E-state index contributed by atoms with van der Waals surface area (Å²) >= 11 is 0. The molecule has 0 atom stereocenters. The zero-order valence-electron chi connectivity index (χ0n) is 12.5. The molecule has 0 N–H and O–H groups in total. The molecule has 3 rings (SSSR count). The lowest BCUT2D eigenvalue weighted by Gasteiger charge is -2.34. The van der Waals surface area contributed by atoms with Gasteiger partial charge >= 0.3 is 0 Å². The highest BCUT2D eigenvalue weighted by Crippen LogP contribution is 2.31. The number of hydrogen-bond donors (Lipinski definition) is 0. The molecule has 1 heterocycles. The number of rotatable bonds is 6. The molecule has 1 aromatic rings. The van der Waals surface area contributed by atoms with E-state index in [0.29, 0.717) is 11.8 Å². The quantitative estimate of drug-likeness (QED) is 0.751. The van der Waals surface area contributed by atoms with Gasteiger partial charge in [-0.15, -0.1) is 0 Å². The Labute approximate surface area is 126 Å². The molecule has 1 saturated heterocycles. The standard InChI is InChI=1S/C17H24N2O2/c20-17(15-7-8-15)19-12-10-18(11-13-19)9-4-14-21-16-5-2-1-3-6-16/h1-3,5-6,15H,4,7-14H2. The Morgan fingerprint density at radius 2 is 1.81 bits per heavy atom. The average Bonchev–Trinajstić information content (AvgIpc) is 3.37. The number of para-hydroxylation sites is 1. The van der Waals surface area contributed by atoms with Crippen LogP contribution in [0.25, 0.3) is 0 Å². The Kier molecular flexibility index (Phi) is 4.76. The summed E-state index contributed by atoms with van der Waals surface area (Å²) in [6.45, 7) is 5.61. The van der Waals surface area contributed by atoms with Crippen molar-refractivity contribution in [1.29, 1.82) is 0 Å². The molecular weight excluding hydrogens is 264 g/mol. The van der Waals surface area contributed by atoms with Crippen molar-refractivity contribution in [3.05, 3.63) is 30.3 Å². The second-order valence-corrected chi connectivity index (χ2v) is 5.96. The lowest BCUT2D eigenvalue weighted by molar-refractivity contribution is -0.134. The van der Waals surface area contributed by atoms with E-state index in [1.165, 1.54) is 0 Å². The molecular formula is C17H24N2O2. The van der Waals surface area contributed by atoms with Crippen LogP contribution in [0.15, 0.2) is 30.3 Å². The van der Waals surface area contributed by atoms with Gasteiger partial charge in [-0.3, -0.25) is 9.69 Å². The van der Waals surface area contributed by atoms with Crippen molar-refractivity contribution in [3.8, 4) is 5.75 Å². The summed E-state index contributed by atoms with van der Waals surface area (Å²) in [4.78, 5) is 16.5. The fraction of sp³-hybridized carbons (Fsp3) is 0.588. The monoisotopic (exact) mass is 288 g/mol. The summed E-state index contributed by atoms with van der Waals surface area (Å²) in [5.41, 5.74) is 0. The first-order chi connectivity index (χ1) is 10.3. The molecule has 0 spiro atoms. The Hall–Kier alpha value is -1.55. The van der Waals surface area contributed by atoms with E-state index in [1.807, 2.05) is 30.3 Å². The molecule has 0 aromatic heterocycles. The molecule has 0 radical (unpaired) electrons. The lowest BCUT2D eigenvalue weighted by atomic mass is 10.2. The third-order valence-electron chi connectivity index (χ3n) is 4.24. The summed E-state index contributed by atoms with van der Waals surface area (Å²) in [6, 6.07) is 9.96. The predicted octanol–water partition coefficient (Wildman–Crippen LogP) is 2.01. The van der Waals surface area contributed by atoms with Crippen molar-refractivity contribution in [3.63, 3.8) is 0 Å². The zero-order chi connectivity index (χ0) is 14.5. The Bertz CT molecular complexity index is 451. The largest absolute Gasteiger partial charge is 0.494 e. The van der Waals surface area contributed by atoms with Crippen LogP contribution in [0, 0.1) is 5.92 Å². The topological polar surface area (TPSA) is 32.8 Å². The average molecular weight is 288 g/mol. The minimum absolute atomic E-state index is 0.357. The van der Waals surface area contributed by atoms with Crippen molar-refractivity contribution >= 4 is 5.91 Å². The van der Waals surface area contributed by atoms with Gasteiger partial charge in [-0.1, -0.05) is 18.2 Å². The van der Waals surface area contributed by atoms with Gasteiger partial charge in [0, 0.05) is 38.6 Å². The van der Waals surface area contributed by atoms with Crippen LogP contribution in [0.2, 0.25) is 0 Å². The van der Waals surface area contributed by atoms with Crippen LogP contribution in [0.5, 0.6) is 5.75 Å². The fourth-order valence-corrected chi connectivity index (χ4v) is 2.78. The van der Waals surface area contributed by atoms with Crippen LogP contribution >= 0.6 is 0 Å². The molecule has 2 fully saturated rings. The first kappa shape index (κ1) is 14.4. The number of hydrogen-bond acceptors (Lipinski definition) is 3. The van der Waals surface area contributed by atoms with Crippen LogP contribution in [-0.2, 0) is 4.79 Å². The van der Waals surface area contributed by atoms with Crippen molar-refractivity contribution in [1.82, 2.24) is 9.80 Å². The van der Waals surface area contributed by atoms with Gasteiger partial charge in [0.25, 0.3) is 0 Å². The maximum atomic E-state index is 12.0. The SMILES string of the molecule is O=C(C1CC1)N1CCN(CCCOc2ccccc2)CC1. The smallest absolute Gasteiger partial charge is 0.225 e. The Balaban J connectivity index is 1.30. The van der Waals surface area contributed by atoms with E-state index in [9.17, 15) is 4.79 Å². The van der Waals surface area contributed by atoms with E-state index in [2.05, 4.69) is 9.80 Å². The molecule has 0 bridgehead atoms. The van der Waals surface area contributed by atoms with Gasteiger partial charge in [0.15, 0.2) is 0 Å². The summed E-state index contributed by atoms with van der Waals surface area (Å²) < 4.78 is 5.70. The molecule has 0 unspecified atom stereocenters. The van der Waals surface area contributed by atoms with E-state index in [1.54, 1.807) is 0 Å². The first-order valence-electron chi connectivity index (χ1n) is 8.02. The second kappa shape index (κ2) is 6.94. The normalized spacial score (nSPS) is 19.5. The second-order valence-electron chi connectivity index (χ2n) is 5.96. The number of amides is 1. The maximum absolute atomic E-state index is 12.0. The van der Waals surface area contributed by atoms with Crippen LogP contribution < -0.4 is 4.74 Å². The predicted molar refractivity (Wildman–Crippen MR) is 82.3 cm³/mol. The van der Waals surface area contributed by atoms with Crippen LogP contribution in [0.4, 0.5) is 0 Å². The van der Waals surface area contributed by atoms with Crippen molar-refractivity contribution in [2.24, 2.45) is 5.92 Å². The number of ether oxygens (including phenoxy) is 1. The molecule has 4 heteroatoms. The highest BCUT2D eigenvalue weighted by atomic mass is 16.5. The lowest BCUT2D eigenvalue weighted by Crippen LogP contribution is -2.49. The van der Waals surface area contributed by atoms with E-state index >= 15 is 0 Å². The summed E-state index contributed by atoms with van der Waals surface area (Å²) in [5.74, 6) is 1.69. The van der Waals surface area contributed by atoms with Gasteiger partial charge in [-0.05, 0) is 31.4 Å². The molecule has 21 heavy (non-hydrogen) atoms. The molecule has 4 nitrogen and oxygen atoms in total. The number of carbonyl (C=O) groups is 1. The fourth-order valence-electron chi connectivity index (χ4n) is 2.78. The maximum Gasteiger partial charge on any atom is 0.225 e. The summed E-state index contributed by atoms with van der Waals surface area (Å²) in [7, 11) is 0. The highest BCUT2D eigenvalue weighted by molar-refractivity contribution is 5.81. The molecule has 2 aliphatic rings. The number of carbonyl (C=O) groups excluding carboxylic acids is 1. The van der Waals surface area contributed by atoms with Crippen molar-refractivity contribution < 1.29 is 9.53 Å². The first-order valence-corrected chi connectivity index (χ1v) is 8.02. The number of piperazine rings is 1. The summed E-state index contributed by atoms with van der Waals surface area (Å²) in [6.07, 6.45) is 3.25. The van der Waals surface area contributed by atoms with E-state index in [4.69, 9.17) is 4.74 Å². The van der Waals surface area contributed by atoms with Crippen molar-refractivity contribution in [2.45, 2.75) is 19.3 Å². The van der Waals surface area contributed by atoms with E-state index < -0.39 is 0 Å². The minimum atomic E-state index is 0.357. The van der Waals surface area contributed by atoms with Gasteiger partial charge in [0.1, 0.15) is 5.75 Å². The van der Waals surface area contributed by atoms with Gasteiger partial charge < -0.3 is 9.64 Å². The Morgan fingerprint density at radius 3 is 2.48 bits per heavy atom. The van der Waals surface area contributed by atoms with Gasteiger partial charge in [-0.25, -0.2) is 0 Å². The van der Waals surface area contributed by atoms with Crippen LogP contribution in [0.1, 0.15) is 19.3 Å². The molecule has 114 valence electrons. The van der Waals surface area contributed by atoms with Crippen molar-refractivity contribution in [2.75, 3.05) is 39.3 Å². The molecule has 1 aliphatic heterocycles. The van der Waals surface area contributed by atoms with Crippen LogP contribution in [0.3, 0.4) is 0 Å². The van der Waals surface area contributed by atoms with Gasteiger partial charge in [0.05, 0.1) is 6.61 Å². The molecule has 1 aliphatic carbocycles. The van der Waals surface area contributed by atoms with Crippen LogP contribution in [-0.4, -0.2) is 55.0 Å². The third kappa shape index (κ3) is 4.21.